The highest BCUT2D eigenvalue weighted by molar-refractivity contribution is 9.10. The molecule has 0 saturated carbocycles. The molecule has 0 unspecified atom stereocenters. The number of nitrogens with one attached hydrogen (secondary N) is 1. The molecule has 2 aromatic rings. The zero-order valence-electron chi connectivity index (χ0n) is 10.8. The van der Waals surface area contributed by atoms with Crippen LogP contribution in [0.25, 0.3) is 5.69 Å². The highest BCUT2D eigenvalue weighted by Gasteiger charge is 2.11. The minimum absolute atomic E-state index is 0.324. The van der Waals surface area contributed by atoms with Crippen LogP contribution in [0.2, 0.25) is 0 Å². The summed E-state index contributed by atoms with van der Waals surface area (Å²) in [6.45, 7) is 5.66. The van der Waals surface area contributed by atoms with Crippen LogP contribution in [0.5, 0.6) is 0 Å². The summed E-state index contributed by atoms with van der Waals surface area (Å²) in [4.78, 5) is 0. The van der Waals surface area contributed by atoms with Gasteiger partial charge < -0.3 is 5.32 Å². The Labute approximate surface area is 119 Å². The molecule has 0 aliphatic carbocycles. The Balaban J connectivity index is 2.21. The quantitative estimate of drug-likeness (QED) is 0.915. The lowest BCUT2D eigenvalue weighted by Gasteiger charge is -2.09. The van der Waals surface area contributed by atoms with Gasteiger partial charge in [0.05, 0.1) is 12.2 Å². The van der Waals surface area contributed by atoms with Gasteiger partial charge in [0.1, 0.15) is 5.82 Å². The van der Waals surface area contributed by atoms with E-state index in [2.05, 4.69) is 50.6 Å². The summed E-state index contributed by atoms with van der Waals surface area (Å²) in [5.74, 6) is 0.868. The first-order valence-electron chi connectivity index (χ1n) is 6.01. The third-order valence-corrected chi connectivity index (χ3v) is 3.18. The molecular formula is C12H15BrFN5. The Kier molecular flexibility index (Phi) is 4.60. The second kappa shape index (κ2) is 6.21. The van der Waals surface area contributed by atoms with Crippen molar-refractivity contribution in [1.82, 2.24) is 25.5 Å². The maximum atomic E-state index is 13.3. The van der Waals surface area contributed by atoms with Crippen molar-refractivity contribution in [2.45, 2.75) is 20.4 Å². The molecule has 102 valence electrons. The molecule has 0 bridgehead atoms. The molecule has 0 fully saturated rings. The van der Waals surface area contributed by atoms with Gasteiger partial charge in [0.25, 0.3) is 0 Å². The van der Waals surface area contributed by atoms with Crippen LogP contribution in [-0.2, 0) is 6.54 Å². The van der Waals surface area contributed by atoms with Gasteiger partial charge in [-0.15, -0.1) is 5.10 Å². The number of nitrogens with zero attached hydrogens (tertiary/aromatic N) is 4. The lowest BCUT2D eigenvalue weighted by atomic mass is 10.2. The van der Waals surface area contributed by atoms with E-state index in [0.717, 1.165) is 11.0 Å². The first-order chi connectivity index (χ1) is 9.08. The largest absolute Gasteiger partial charge is 0.310 e. The predicted molar refractivity (Wildman–Crippen MR) is 73.4 cm³/mol. The Morgan fingerprint density at radius 3 is 2.95 bits per heavy atom. The van der Waals surface area contributed by atoms with E-state index in [0.29, 0.717) is 24.0 Å². The lowest BCUT2D eigenvalue weighted by molar-refractivity contribution is 0.537. The van der Waals surface area contributed by atoms with Crippen LogP contribution in [0.15, 0.2) is 22.7 Å². The zero-order chi connectivity index (χ0) is 13.8. The number of rotatable bonds is 5. The molecule has 1 heterocycles. The van der Waals surface area contributed by atoms with E-state index in [9.17, 15) is 4.39 Å². The van der Waals surface area contributed by atoms with Gasteiger partial charge in [-0.05, 0) is 51.0 Å². The molecule has 0 spiro atoms. The van der Waals surface area contributed by atoms with E-state index >= 15 is 0 Å². The van der Waals surface area contributed by atoms with Crippen molar-refractivity contribution >= 4 is 15.9 Å². The fourth-order valence-electron chi connectivity index (χ4n) is 1.62. The molecule has 1 aromatic carbocycles. The van der Waals surface area contributed by atoms with Crippen molar-refractivity contribution in [2.75, 3.05) is 6.54 Å². The maximum absolute atomic E-state index is 13.3. The van der Waals surface area contributed by atoms with Crippen molar-refractivity contribution in [1.29, 1.82) is 0 Å². The van der Waals surface area contributed by atoms with Gasteiger partial charge in [-0.2, -0.15) is 4.68 Å². The first kappa shape index (κ1) is 14.1. The van der Waals surface area contributed by atoms with Gasteiger partial charge in [-0.3, -0.25) is 0 Å². The molecule has 0 amide bonds. The lowest BCUT2D eigenvalue weighted by Crippen LogP contribution is -2.21. The van der Waals surface area contributed by atoms with Crippen molar-refractivity contribution in [3.63, 3.8) is 0 Å². The van der Waals surface area contributed by atoms with E-state index < -0.39 is 0 Å². The molecule has 1 aromatic heterocycles. The number of halogens is 2. The van der Waals surface area contributed by atoms with Crippen LogP contribution in [0.3, 0.4) is 0 Å². The molecule has 7 heteroatoms. The third-order valence-electron chi connectivity index (χ3n) is 2.51. The summed E-state index contributed by atoms with van der Waals surface area (Å²) in [6, 6.07) is 4.42. The van der Waals surface area contributed by atoms with Crippen molar-refractivity contribution < 1.29 is 4.39 Å². The normalized spacial score (nSPS) is 11.2. The Hall–Kier alpha value is -1.34. The summed E-state index contributed by atoms with van der Waals surface area (Å²) >= 11 is 3.37. The van der Waals surface area contributed by atoms with Crippen molar-refractivity contribution in [3.05, 3.63) is 34.3 Å². The van der Waals surface area contributed by atoms with Crippen LogP contribution >= 0.6 is 15.9 Å². The first-order valence-corrected chi connectivity index (χ1v) is 6.80. The number of aromatic nitrogens is 4. The number of hydrogen-bond acceptors (Lipinski definition) is 4. The molecule has 0 aliphatic heterocycles. The molecule has 2 rings (SSSR count). The van der Waals surface area contributed by atoms with E-state index in [4.69, 9.17) is 0 Å². The minimum Gasteiger partial charge on any atom is -0.310 e. The second-order valence-corrected chi connectivity index (χ2v) is 5.48. The fraction of sp³-hybridized carbons (Fsp3) is 0.417. The molecule has 0 aliphatic rings. The Morgan fingerprint density at radius 2 is 2.21 bits per heavy atom. The Bertz CT molecular complexity index is 555. The molecule has 1 N–H and O–H groups in total. The van der Waals surface area contributed by atoms with E-state index in [-0.39, 0.29) is 5.82 Å². The molecule has 0 atom stereocenters. The predicted octanol–water partition coefficient (Wildman–Crippen LogP) is 2.31. The van der Waals surface area contributed by atoms with Crippen LogP contribution in [0, 0.1) is 11.7 Å². The van der Waals surface area contributed by atoms with Gasteiger partial charge in [0, 0.05) is 10.5 Å². The maximum Gasteiger partial charge on any atom is 0.170 e. The second-order valence-electron chi connectivity index (χ2n) is 4.63. The molecule has 19 heavy (non-hydrogen) atoms. The van der Waals surface area contributed by atoms with Gasteiger partial charge in [0.15, 0.2) is 5.82 Å². The van der Waals surface area contributed by atoms with Crippen LogP contribution in [0.4, 0.5) is 4.39 Å². The third kappa shape index (κ3) is 3.57. The zero-order valence-corrected chi connectivity index (χ0v) is 12.4. The van der Waals surface area contributed by atoms with Gasteiger partial charge in [-0.1, -0.05) is 13.8 Å². The Morgan fingerprint density at radius 1 is 1.42 bits per heavy atom. The highest BCUT2D eigenvalue weighted by Crippen LogP contribution is 2.21. The van der Waals surface area contributed by atoms with Crippen LogP contribution < -0.4 is 5.32 Å². The average molecular weight is 328 g/mol. The number of benzene rings is 1. The fourth-order valence-corrected chi connectivity index (χ4v) is 2.04. The van der Waals surface area contributed by atoms with Gasteiger partial charge >= 0.3 is 0 Å². The van der Waals surface area contributed by atoms with E-state index in [1.54, 1.807) is 6.07 Å². The molecule has 5 nitrogen and oxygen atoms in total. The molecule has 0 saturated heterocycles. The van der Waals surface area contributed by atoms with Crippen molar-refractivity contribution in [3.8, 4) is 5.69 Å². The standard InChI is InChI=1S/C12H15BrFN5/c1-8(2)6-15-7-12-16-17-18-19(12)11-5-9(14)3-4-10(11)13/h3-5,8,15H,6-7H2,1-2H3. The van der Waals surface area contributed by atoms with E-state index in [1.165, 1.54) is 16.8 Å². The summed E-state index contributed by atoms with van der Waals surface area (Å²) in [6.07, 6.45) is 0. The summed E-state index contributed by atoms with van der Waals surface area (Å²) in [5.41, 5.74) is 0.589. The molecule has 0 radical (unpaired) electrons. The van der Waals surface area contributed by atoms with Crippen molar-refractivity contribution in [2.24, 2.45) is 5.92 Å². The molecular weight excluding hydrogens is 313 g/mol. The minimum atomic E-state index is -0.324. The summed E-state index contributed by atoms with van der Waals surface area (Å²) < 4.78 is 15.6. The monoisotopic (exact) mass is 327 g/mol. The highest BCUT2D eigenvalue weighted by atomic mass is 79.9. The number of hydrogen-bond donors (Lipinski definition) is 1. The average Bonchev–Trinajstić information content (AvgIpc) is 2.80. The van der Waals surface area contributed by atoms with Crippen LogP contribution in [-0.4, -0.2) is 26.8 Å². The van der Waals surface area contributed by atoms with E-state index in [1.807, 2.05) is 0 Å². The summed E-state index contributed by atoms with van der Waals surface area (Å²) in [5, 5.41) is 14.8. The summed E-state index contributed by atoms with van der Waals surface area (Å²) in [7, 11) is 0. The van der Waals surface area contributed by atoms with Gasteiger partial charge in [-0.25, -0.2) is 4.39 Å². The smallest absolute Gasteiger partial charge is 0.170 e. The SMILES string of the molecule is CC(C)CNCc1nnnn1-c1cc(F)ccc1Br. The van der Waals surface area contributed by atoms with Crippen LogP contribution in [0.1, 0.15) is 19.7 Å². The number of tetrazole rings is 1. The topological polar surface area (TPSA) is 55.6 Å². The van der Waals surface area contributed by atoms with Gasteiger partial charge in [0.2, 0.25) is 0 Å².